The molecule has 2 saturated heterocycles. The first-order chi connectivity index (χ1) is 17.4. The highest BCUT2D eigenvalue weighted by Crippen LogP contribution is 2.42. The van der Waals surface area contributed by atoms with Gasteiger partial charge in [-0.05, 0) is 50.1 Å². The first-order valence-electron chi connectivity index (χ1n) is 12.4. The smallest absolute Gasteiger partial charge is 0.137 e. The third kappa shape index (κ3) is 5.62. The largest absolute Gasteiger partial charge is 0.489 e. The molecule has 2 aliphatic heterocycles. The third-order valence-corrected chi connectivity index (χ3v) is 7.72. The Balaban J connectivity index is 1.21. The lowest BCUT2D eigenvalue weighted by Gasteiger charge is -2.37. The van der Waals surface area contributed by atoms with Gasteiger partial charge in [0.1, 0.15) is 30.8 Å². The predicted octanol–water partition coefficient (Wildman–Crippen LogP) is 4.32. The van der Waals surface area contributed by atoms with Crippen LogP contribution in [0.1, 0.15) is 25.8 Å². The summed E-state index contributed by atoms with van der Waals surface area (Å²) >= 11 is 12.8. The maximum atomic E-state index is 6.63. The molecular weight excluding hydrogens is 499 g/mol. The van der Waals surface area contributed by atoms with Crippen LogP contribution >= 0.6 is 23.2 Å². The number of ether oxygens (including phenoxy) is 2. The van der Waals surface area contributed by atoms with Crippen molar-refractivity contribution in [3.63, 3.8) is 0 Å². The molecule has 36 heavy (non-hydrogen) atoms. The molecule has 0 saturated carbocycles. The van der Waals surface area contributed by atoms with Crippen LogP contribution in [0.3, 0.4) is 0 Å². The van der Waals surface area contributed by atoms with E-state index in [4.69, 9.17) is 32.7 Å². The fourth-order valence-electron chi connectivity index (χ4n) is 5.17. The van der Waals surface area contributed by atoms with Crippen molar-refractivity contribution in [3.05, 3.63) is 64.8 Å². The van der Waals surface area contributed by atoms with Crippen molar-refractivity contribution in [3.8, 4) is 5.75 Å². The second-order valence-electron chi connectivity index (χ2n) is 9.91. The molecule has 0 N–H and O–H groups in total. The zero-order valence-corrected chi connectivity index (χ0v) is 22.2. The Hall–Kier alpha value is -2.39. The highest BCUT2D eigenvalue weighted by Gasteiger charge is 2.44. The molecule has 10 heteroatoms. The zero-order chi connectivity index (χ0) is 25.1. The van der Waals surface area contributed by atoms with Gasteiger partial charge in [0.15, 0.2) is 0 Å². The second kappa shape index (κ2) is 10.9. The van der Waals surface area contributed by atoms with Gasteiger partial charge in [-0.15, -0.1) is 0 Å². The lowest BCUT2D eigenvalue weighted by Crippen LogP contribution is -2.49. The first kappa shape index (κ1) is 25.3. The molecule has 2 aromatic heterocycles. The van der Waals surface area contributed by atoms with Gasteiger partial charge in [0.2, 0.25) is 0 Å². The van der Waals surface area contributed by atoms with E-state index in [2.05, 4.69) is 38.7 Å². The number of hydrogen-bond acceptors (Lipinski definition) is 7. The van der Waals surface area contributed by atoms with Crippen molar-refractivity contribution in [2.75, 3.05) is 44.3 Å². The minimum absolute atomic E-state index is 0.0935. The molecule has 8 nitrogen and oxygen atoms in total. The molecule has 5 rings (SSSR count). The number of pyridine rings is 1. The molecule has 1 aromatic carbocycles. The number of anilines is 1. The highest BCUT2D eigenvalue weighted by atomic mass is 35.5. The van der Waals surface area contributed by atoms with Crippen LogP contribution in [-0.2, 0) is 16.7 Å². The molecule has 2 aliphatic rings. The number of piperazine rings is 1. The number of rotatable bonds is 8. The normalized spacial score (nSPS) is 22.9. The van der Waals surface area contributed by atoms with E-state index in [1.54, 1.807) is 18.6 Å². The van der Waals surface area contributed by atoms with Gasteiger partial charge in [-0.3, -0.25) is 9.58 Å². The standard InChI is InChI=1S/C26H32Cl2N6O2/c1-19(2)32-7-9-33(10-8-32)25-6-4-21(13-30-25)35-14-22-12-26(16-36-22,15-34-18-29-17-31-34)23-5-3-20(27)11-24(23)28/h3-6,11,13,17-19,22H,7-10,12,14-16H2,1-2H3/t22-,26-/m0/s1. The molecule has 0 spiro atoms. The molecule has 3 aromatic rings. The van der Waals surface area contributed by atoms with Gasteiger partial charge in [-0.25, -0.2) is 9.97 Å². The molecule has 4 heterocycles. The summed E-state index contributed by atoms with van der Waals surface area (Å²) in [6.45, 7) is 10.1. The number of halogens is 2. The van der Waals surface area contributed by atoms with E-state index in [9.17, 15) is 0 Å². The van der Waals surface area contributed by atoms with Crippen molar-refractivity contribution < 1.29 is 9.47 Å². The molecular formula is C26H32Cl2N6O2. The summed E-state index contributed by atoms with van der Waals surface area (Å²) in [6.07, 6.45) is 5.70. The Bertz CT molecular complexity index is 1140. The third-order valence-electron chi connectivity index (χ3n) is 7.17. The van der Waals surface area contributed by atoms with E-state index in [0.29, 0.717) is 35.8 Å². The Kier molecular flexibility index (Phi) is 7.67. The minimum atomic E-state index is -0.358. The number of nitrogens with zero attached hydrogens (tertiary/aromatic N) is 6. The van der Waals surface area contributed by atoms with Crippen LogP contribution in [0.25, 0.3) is 0 Å². The van der Waals surface area contributed by atoms with Gasteiger partial charge < -0.3 is 14.4 Å². The summed E-state index contributed by atoms with van der Waals surface area (Å²) in [5.41, 5.74) is 0.638. The maximum absolute atomic E-state index is 6.63. The van der Waals surface area contributed by atoms with E-state index in [0.717, 1.165) is 49.7 Å². The summed E-state index contributed by atoms with van der Waals surface area (Å²) < 4.78 is 14.1. The van der Waals surface area contributed by atoms with E-state index in [-0.39, 0.29) is 11.5 Å². The van der Waals surface area contributed by atoms with Crippen molar-refractivity contribution in [1.29, 1.82) is 0 Å². The van der Waals surface area contributed by atoms with Gasteiger partial charge in [0, 0.05) is 47.7 Å². The molecule has 192 valence electrons. The lowest BCUT2D eigenvalue weighted by molar-refractivity contribution is 0.0635. The van der Waals surface area contributed by atoms with E-state index in [1.807, 2.05) is 28.9 Å². The van der Waals surface area contributed by atoms with Gasteiger partial charge in [0.25, 0.3) is 0 Å². The van der Waals surface area contributed by atoms with E-state index in [1.165, 1.54) is 6.33 Å². The van der Waals surface area contributed by atoms with E-state index >= 15 is 0 Å². The molecule has 0 aliphatic carbocycles. The fourth-order valence-corrected chi connectivity index (χ4v) is 5.78. The summed E-state index contributed by atoms with van der Waals surface area (Å²) in [5.74, 6) is 1.73. The predicted molar refractivity (Wildman–Crippen MR) is 141 cm³/mol. The van der Waals surface area contributed by atoms with Crippen LogP contribution in [0.15, 0.2) is 49.2 Å². The Morgan fingerprint density at radius 3 is 2.64 bits per heavy atom. The molecule has 0 amide bonds. The van der Waals surface area contributed by atoms with Gasteiger partial charge >= 0.3 is 0 Å². The van der Waals surface area contributed by atoms with Crippen LogP contribution in [0.4, 0.5) is 5.82 Å². The summed E-state index contributed by atoms with van der Waals surface area (Å²) in [5, 5.41) is 5.54. The van der Waals surface area contributed by atoms with Crippen molar-refractivity contribution in [1.82, 2.24) is 24.6 Å². The average molecular weight is 531 g/mol. The van der Waals surface area contributed by atoms with Crippen LogP contribution in [0.5, 0.6) is 5.75 Å². The van der Waals surface area contributed by atoms with Crippen LogP contribution < -0.4 is 9.64 Å². The summed E-state index contributed by atoms with van der Waals surface area (Å²) in [6, 6.07) is 10.2. The fraction of sp³-hybridized carbons (Fsp3) is 0.500. The SMILES string of the molecule is CC(C)N1CCN(c2ccc(OC[C@@H]3C[C@@](Cn4cncn4)(c4ccc(Cl)cc4Cl)CO3)cn2)CC1. The van der Waals surface area contributed by atoms with Gasteiger partial charge in [-0.1, -0.05) is 29.3 Å². The van der Waals surface area contributed by atoms with Crippen LogP contribution in [0.2, 0.25) is 10.0 Å². The minimum Gasteiger partial charge on any atom is -0.489 e. The second-order valence-corrected chi connectivity index (χ2v) is 10.8. The number of benzene rings is 1. The topological polar surface area (TPSA) is 68.5 Å². The molecule has 2 fully saturated rings. The zero-order valence-electron chi connectivity index (χ0n) is 20.7. The Labute approximate surface area is 222 Å². The van der Waals surface area contributed by atoms with Crippen molar-refractivity contribution >= 4 is 29.0 Å². The molecule has 0 unspecified atom stereocenters. The molecule has 0 radical (unpaired) electrons. The van der Waals surface area contributed by atoms with Crippen LogP contribution in [0, 0.1) is 0 Å². The summed E-state index contributed by atoms with van der Waals surface area (Å²) in [7, 11) is 0. The maximum Gasteiger partial charge on any atom is 0.137 e. The van der Waals surface area contributed by atoms with Gasteiger partial charge in [0.05, 0.1) is 25.5 Å². The molecule has 0 bridgehead atoms. The van der Waals surface area contributed by atoms with Crippen molar-refractivity contribution in [2.45, 2.75) is 44.4 Å². The van der Waals surface area contributed by atoms with Crippen LogP contribution in [-0.4, -0.2) is 76.2 Å². The quantitative estimate of drug-likeness (QED) is 0.429. The lowest BCUT2D eigenvalue weighted by atomic mass is 9.78. The van der Waals surface area contributed by atoms with Crippen molar-refractivity contribution in [2.24, 2.45) is 0 Å². The average Bonchev–Trinajstić information content (AvgIpc) is 3.54. The van der Waals surface area contributed by atoms with Gasteiger partial charge in [-0.2, -0.15) is 5.10 Å². The van der Waals surface area contributed by atoms with E-state index < -0.39 is 0 Å². The summed E-state index contributed by atoms with van der Waals surface area (Å²) in [4.78, 5) is 13.6. The Morgan fingerprint density at radius 2 is 1.97 bits per heavy atom. The number of hydrogen-bond donors (Lipinski definition) is 0. The first-order valence-corrected chi connectivity index (χ1v) is 13.1. The Morgan fingerprint density at radius 1 is 1.14 bits per heavy atom. The number of aromatic nitrogens is 4. The highest BCUT2D eigenvalue weighted by molar-refractivity contribution is 6.35. The monoisotopic (exact) mass is 530 g/mol. The molecule has 2 atom stereocenters.